The second-order valence-corrected chi connectivity index (χ2v) is 6.09. The Balaban J connectivity index is 2.41. The molecule has 0 radical (unpaired) electrons. The van der Waals surface area contributed by atoms with Crippen LogP contribution in [0.1, 0.15) is 27.7 Å². The van der Waals surface area contributed by atoms with E-state index >= 15 is 0 Å². The Morgan fingerprint density at radius 2 is 1.62 bits per heavy atom. The van der Waals surface area contributed by atoms with Crippen LogP contribution >= 0.6 is 0 Å². The molecule has 1 fully saturated rings. The Morgan fingerprint density at radius 3 is 2.12 bits per heavy atom. The fourth-order valence-electron chi connectivity index (χ4n) is 2.49. The van der Waals surface area contributed by atoms with Crippen LogP contribution in [0.5, 0.6) is 0 Å². The highest BCUT2D eigenvalue weighted by atomic mass is 16.6. The lowest BCUT2D eigenvalue weighted by atomic mass is 10.3. The summed E-state index contributed by atoms with van der Waals surface area (Å²) in [5.41, 5.74) is 0. The number of rotatable bonds is 7. The molecular formula is C16H30N4O4. The van der Waals surface area contributed by atoms with Gasteiger partial charge in [0.25, 0.3) is 0 Å². The molecule has 0 aromatic rings. The monoisotopic (exact) mass is 342 g/mol. The first-order chi connectivity index (χ1) is 11.4. The number of likely N-dealkylation sites (N-methyl/N-ethyl adjacent to an activating group) is 1. The maximum absolute atomic E-state index is 12.4. The van der Waals surface area contributed by atoms with Gasteiger partial charge in [-0.05, 0) is 27.3 Å². The highest BCUT2D eigenvalue weighted by molar-refractivity contribution is 5.81. The zero-order valence-corrected chi connectivity index (χ0v) is 15.2. The average Bonchev–Trinajstić information content (AvgIpc) is 2.53. The van der Waals surface area contributed by atoms with Gasteiger partial charge in [-0.25, -0.2) is 4.79 Å². The molecular weight excluding hydrogens is 312 g/mol. The number of hydrogen-bond donors (Lipinski definition) is 1. The van der Waals surface area contributed by atoms with Crippen molar-refractivity contribution in [2.45, 2.75) is 33.7 Å². The van der Waals surface area contributed by atoms with Gasteiger partial charge in [-0.1, -0.05) is 6.92 Å². The van der Waals surface area contributed by atoms with E-state index in [-0.39, 0.29) is 37.0 Å². The first-order valence-electron chi connectivity index (χ1n) is 8.58. The van der Waals surface area contributed by atoms with Crippen LogP contribution < -0.4 is 5.32 Å². The van der Waals surface area contributed by atoms with E-state index < -0.39 is 0 Å². The lowest BCUT2D eigenvalue weighted by Gasteiger charge is -2.35. The number of carbonyl (C=O) groups is 3. The number of nitrogens with one attached hydrogen (secondary N) is 1. The number of nitrogens with zero attached hydrogens (tertiary/aromatic N) is 3. The number of ether oxygens (including phenoxy) is 1. The van der Waals surface area contributed by atoms with Gasteiger partial charge in [0.1, 0.15) is 0 Å². The molecule has 1 rings (SSSR count). The minimum Gasteiger partial charge on any atom is -0.450 e. The molecule has 1 saturated heterocycles. The first kappa shape index (κ1) is 20.2. The molecule has 8 nitrogen and oxygen atoms in total. The zero-order chi connectivity index (χ0) is 18.1. The maximum Gasteiger partial charge on any atom is 0.409 e. The Labute approximate surface area is 144 Å². The number of amides is 3. The molecule has 8 heteroatoms. The van der Waals surface area contributed by atoms with Gasteiger partial charge in [0, 0.05) is 32.2 Å². The molecule has 1 aliphatic heterocycles. The van der Waals surface area contributed by atoms with E-state index in [4.69, 9.17) is 4.74 Å². The topological polar surface area (TPSA) is 82.2 Å². The van der Waals surface area contributed by atoms with Gasteiger partial charge in [-0.3, -0.25) is 14.5 Å². The van der Waals surface area contributed by atoms with Gasteiger partial charge in [-0.2, -0.15) is 0 Å². The van der Waals surface area contributed by atoms with E-state index in [1.807, 2.05) is 25.7 Å². The predicted molar refractivity (Wildman–Crippen MR) is 90.6 cm³/mol. The van der Waals surface area contributed by atoms with Crippen molar-refractivity contribution in [1.29, 1.82) is 0 Å². The fourth-order valence-corrected chi connectivity index (χ4v) is 2.49. The summed E-state index contributed by atoms with van der Waals surface area (Å²) >= 11 is 0. The van der Waals surface area contributed by atoms with Gasteiger partial charge in [-0.15, -0.1) is 0 Å². The molecule has 0 aliphatic carbocycles. The van der Waals surface area contributed by atoms with E-state index in [0.717, 1.165) is 0 Å². The molecule has 0 unspecified atom stereocenters. The molecule has 138 valence electrons. The van der Waals surface area contributed by atoms with Crippen LogP contribution in [0.25, 0.3) is 0 Å². The molecule has 1 N–H and O–H groups in total. The van der Waals surface area contributed by atoms with Crippen molar-refractivity contribution in [3.05, 3.63) is 0 Å². The van der Waals surface area contributed by atoms with Gasteiger partial charge < -0.3 is 19.9 Å². The Morgan fingerprint density at radius 1 is 1.04 bits per heavy atom. The van der Waals surface area contributed by atoms with Crippen LogP contribution in [0.3, 0.4) is 0 Å². The molecule has 0 bridgehead atoms. The Bertz CT molecular complexity index is 434. The molecule has 0 spiro atoms. The second-order valence-electron chi connectivity index (χ2n) is 6.09. The van der Waals surface area contributed by atoms with Crippen molar-refractivity contribution in [2.75, 3.05) is 52.4 Å². The van der Waals surface area contributed by atoms with Crippen molar-refractivity contribution in [3.8, 4) is 0 Å². The average molecular weight is 342 g/mol. The van der Waals surface area contributed by atoms with Crippen LogP contribution in [-0.2, 0) is 14.3 Å². The molecule has 24 heavy (non-hydrogen) atoms. The van der Waals surface area contributed by atoms with Crippen LogP contribution in [0.2, 0.25) is 0 Å². The van der Waals surface area contributed by atoms with Crippen LogP contribution in [0.4, 0.5) is 4.79 Å². The predicted octanol–water partition coefficient (Wildman–Crippen LogP) is 0.134. The summed E-state index contributed by atoms with van der Waals surface area (Å²) < 4.78 is 4.97. The summed E-state index contributed by atoms with van der Waals surface area (Å²) in [4.78, 5) is 41.0. The van der Waals surface area contributed by atoms with Crippen LogP contribution in [-0.4, -0.2) is 91.1 Å². The minimum atomic E-state index is -0.329. The van der Waals surface area contributed by atoms with Crippen LogP contribution in [0.15, 0.2) is 0 Å². The fraction of sp³-hybridized carbons (Fsp3) is 0.812. The lowest BCUT2D eigenvalue weighted by molar-refractivity contribution is -0.134. The minimum absolute atomic E-state index is 0.0160. The summed E-state index contributed by atoms with van der Waals surface area (Å²) in [5.74, 6) is -0.0931. The number of hydrogen-bond acceptors (Lipinski definition) is 5. The maximum atomic E-state index is 12.4. The first-order valence-corrected chi connectivity index (χ1v) is 8.58. The molecule has 1 aliphatic rings. The third-order valence-electron chi connectivity index (χ3n) is 3.78. The third kappa shape index (κ3) is 6.74. The van der Waals surface area contributed by atoms with Crippen molar-refractivity contribution in [1.82, 2.24) is 20.0 Å². The standard InChI is InChI=1S/C16H30N4O4/c1-5-18(11-14(21)17-13(3)4)12-15(22)19-7-9-20(10-8-19)16(23)24-6-2/h13H,5-12H2,1-4H3,(H,17,21). The highest BCUT2D eigenvalue weighted by Crippen LogP contribution is 2.05. The molecule has 0 aromatic carbocycles. The smallest absolute Gasteiger partial charge is 0.409 e. The van der Waals surface area contributed by atoms with E-state index in [9.17, 15) is 14.4 Å². The van der Waals surface area contributed by atoms with E-state index in [1.54, 1.807) is 16.7 Å². The van der Waals surface area contributed by atoms with Gasteiger partial charge in [0.05, 0.1) is 19.7 Å². The molecule has 0 saturated carbocycles. The van der Waals surface area contributed by atoms with Gasteiger partial charge in [0.15, 0.2) is 0 Å². The number of piperazine rings is 1. The van der Waals surface area contributed by atoms with Crippen molar-refractivity contribution >= 4 is 17.9 Å². The van der Waals surface area contributed by atoms with Gasteiger partial charge >= 0.3 is 6.09 Å². The molecule has 1 heterocycles. The molecule has 0 aromatic heterocycles. The highest BCUT2D eigenvalue weighted by Gasteiger charge is 2.25. The SMILES string of the molecule is CCOC(=O)N1CCN(C(=O)CN(CC)CC(=O)NC(C)C)CC1. The third-order valence-corrected chi connectivity index (χ3v) is 3.78. The van der Waals surface area contributed by atoms with Gasteiger partial charge in [0.2, 0.25) is 11.8 Å². The summed E-state index contributed by atoms with van der Waals surface area (Å²) in [6, 6.07) is 0.0860. The molecule has 0 atom stereocenters. The molecule has 3 amide bonds. The summed E-state index contributed by atoms with van der Waals surface area (Å²) in [6.45, 7) is 10.8. The quantitative estimate of drug-likeness (QED) is 0.711. The number of carbonyl (C=O) groups excluding carboxylic acids is 3. The van der Waals surface area contributed by atoms with Crippen molar-refractivity contribution < 1.29 is 19.1 Å². The Hall–Kier alpha value is -1.83. The van der Waals surface area contributed by atoms with Crippen molar-refractivity contribution in [3.63, 3.8) is 0 Å². The largest absolute Gasteiger partial charge is 0.450 e. The Kier molecular flexibility index (Phi) is 8.53. The van der Waals surface area contributed by atoms with E-state index in [1.165, 1.54) is 0 Å². The lowest BCUT2D eigenvalue weighted by Crippen LogP contribution is -2.53. The second kappa shape index (κ2) is 10.1. The summed E-state index contributed by atoms with van der Waals surface area (Å²) in [7, 11) is 0. The van der Waals surface area contributed by atoms with Crippen LogP contribution in [0, 0.1) is 0 Å². The van der Waals surface area contributed by atoms with E-state index in [2.05, 4.69) is 5.32 Å². The summed E-state index contributed by atoms with van der Waals surface area (Å²) in [5, 5.41) is 2.83. The van der Waals surface area contributed by atoms with Crippen molar-refractivity contribution in [2.24, 2.45) is 0 Å². The summed E-state index contributed by atoms with van der Waals surface area (Å²) in [6.07, 6.45) is -0.329. The van der Waals surface area contributed by atoms with E-state index in [0.29, 0.717) is 39.3 Å². The normalized spacial score (nSPS) is 14.9. The zero-order valence-electron chi connectivity index (χ0n) is 15.2.